The van der Waals surface area contributed by atoms with E-state index in [1.54, 1.807) is 0 Å². The molecule has 1 rings (SSSR count). The monoisotopic (exact) mass is 256 g/mol. The van der Waals surface area contributed by atoms with E-state index in [0.29, 0.717) is 19.4 Å². The van der Waals surface area contributed by atoms with Crippen LogP contribution >= 0.6 is 0 Å². The lowest BCUT2D eigenvalue weighted by molar-refractivity contribution is -0.140. The van der Waals surface area contributed by atoms with Gasteiger partial charge in [-0.2, -0.15) is 0 Å². The average molecular weight is 256 g/mol. The SMILES string of the molecule is CCC[C@@H](N[C@H]1CCOC1=O)C(=O)NC(C)(C)C. The Bertz CT molecular complexity index is 310. The van der Waals surface area contributed by atoms with Gasteiger partial charge in [-0.15, -0.1) is 0 Å². The van der Waals surface area contributed by atoms with Crippen molar-refractivity contribution < 1.29 is 14.3 Å². The molecule has 1 aliphatic rings. The Morgan fingerprint density at radius 2 is 2.17 bits per heavy atom. The van der Waals surface area contributed by atoms with Crippen LogP contribution in [0.4, 0.5) is 0 Å². The van der Waals surface area contributed by atoms with Crippen LogP contribution in [0.15, 0.2) is 0 Å². The molecule has 5 nitrogen and oxygen atoms in total. The molecule has 0 aromatic carbocycles. The highest BCUT2D eigenvalue weighted by atomic mass is 16.5. The average Bonchev–Trinajstić information content (AvgIpc) is 2.61. The van der Waals surface area contributed by atoms with Crippen molar-refractivity contribution >= 4 is 11.9 Å². The Morgan fingerprint density at radius 3 is 2.61 bits per heavy atom. The van der Waals surface area contributed by atoms with Gasteiger partial charge in [-0.05, 0) is 27.2 Å². The zero-order chi connectivity index (χ0) is 13.8. The van der Waals surface area contributed by atoms with Crippen LogP contribution < -0.4 is 10.6 Å². The van der Waals surface area contributed by atoms with Crippen molar-refractivity contribution in [1.82, 2.24) is 10.6 Å². The van der Waals surface area contributed by atoms with E-state index in [1.807, 2.05) is 27.7 Å². The summed E-state index contributed by atoms with van der Waals surface area (Å²) in [5.74, 6) is -0.302. The maximum atomic E-state index is 12.1. The second-order valence-electron chi connectivity index (χ2n) is 5.76. The van der Waals surface area contributed by atoms with E-state index >= 15 is 0 Å². The number of carbonyl (C=O) groups is 2. The smallest absolute Gasteiger partial charge is 0.323 e. The Kier molecular flexibility index (Phi) is 5.14. The number of esters is 1. The summed E-state index contributed by atoms with van der Waals surface area (Å²) in [6, 6.07) is -0.669. The fourth-order valence-corrected chi connectivity index (χ4v) is 1.93. The van der Waals surface area contributed by atoms with E-state index in [4.69, 9.17) is 4.74 Å². The molecule has 1 fully saturated rings. The highest BCUT2D eigenvalue weighted by Gasteiger charge is 2.31. The highest BCUT2D eigenvalue weighted by molar-refractivity contribution is 5.84. The molecular weight excluding hydrogens is 232 g/mol. The largest absolute Gasteiger partial charge is 0.464 e. The first-order chi connectivity index (χ1) is 8.33. The molecule has 1 saturated heterocycles. The maximum Gasteiger partial charge on any atom is 0.323 e. The lowest BCUT2D eigenvalue weighted by Crippen LogP contribution is -2.53. The van der Waals surface area contributed by atoms with Crippen LogP contribution in [0.3, 0.4) is 0 Å². The van der Waals surface area contributed by atoms with Crippen LogP contribution in [0.2, 0.25) is 0 Å². The molecule has 2 N–H and O–H groups in total. The first kappa shape index (κ1) is 15.0. The van der Waals surface area contributed by atoms with Crippen LogP contribution in [-0.4, -0.2) is 36.1 Å². The van der Waals surface area contributed by atoms with Gasteiger partial charge in [-0.1, -0.05) is 13.3 Å². The molecule has 104 valence electrons. The lowest BCUT2D eigenvalue weighted by atomic mass is 10.1. The zero-order valence-corrected chi connectivity index (χ0v) is 11.7. The Balaban J connectivity index is 2.58. The topological polar surface area (TPSA) is 67.4 Å². The van der Waals surface area contributed by atoms with Gasteiger partial charge in [-0.3, -0.25) is 14.9 Å². The van der Waals surface area contributed by atoms with Crippen molar-refractivity contribution in [2.24, 2.45) is 0 Å². The minimum atomic E-state index is -0.340. The minimum absolute atomic E-state index is 0.0518. The van der Waals surface area contributed by atoms with Gasteiger partial charge < -0.3 is 10.1 Å². The molecule has 0 saturated carbocycles. The van der Waals surface area contributed by atoms with Crippen molar-refractivity contribution in [3.8, 4) is 0 Å². The predicted octanol–water partition coefficient (Wildman–Crippen LogP) is 0.975. The van der Waals surface area contributed by atoms with E-state index in [9.17, 15) is 9.59 Å². The van der Waals surface area contributed by atoms with Gasteiger partial charge >= 0.3 is 5.97 Å². The first-order valence-corrected chi connectivity index (χ1v) is 6.58. The molecule has 18 heavy (non-hydrogen) atoms. The number of hydrogen-bond donors (Lipinski definition) is 2. The molecule has 1 heterocycles. The normalized spacial score (nSPS) is 21.6. The minimum Gasteiger partial charge on any atom is -0.464 e. The standard InChI is InChI=1S/C13H24N2O3/c1-5-6-9(11(16)15-13(2,3)4)14-10-7-8-18-12(10)17/h9-10,14H,5-8H2,1-4H3,(H,15,16)/t9-,10+/m1/s1. The van der Waals surface area contributed by atoms with Gasteiger partial charge in [0.1, 0.15) is 6.04 Å². The number of carbonyl (C=O) groups excluding carboxylic acids is 2. The van der Waals surface area contributed by atoms with Crippen LogP contribution in [0.1, 0.15) is 47.0 Å². The third kappa shape index (κ3) is 4.64. The number of rotatable bonds is 5. The fraction of sp³-hybridized carbons (Fsp3) is 0.846. The highest BCUT2D eigenvalue weighted by Crippen LogP contribution is 2.10. The Hall–Kier alpha value is -1.10. The van der Waals surface area contributed by atoms with E-state index in [-0.39, 0.29) is 29.5 Å². The summed E-state index contributed by atoms with van der Waals surface area (Å²) >= 11 is 0. The van der Waals surface area contributed by atoms with E-state index in [1.165, 1.54) is 0 Å². The predicted molar refractivity (Wildman–Crippen MR) is 69.1 cm³/mol. The molecule has 0 spiro atoms. The van der Waals surface area contributed by atoms with Crippen LogP contribution in [0.25, 0.3) is 0 Å². The van der Waals surface area contributed by atoms with Crippen molar-refractivity contribution in [2.75, 3.05) is 6.61 Å². The molecule has 0 aliphatic carbocycles. The summed E-state index contributed by atoms with van der Waals surface area (Å²) < 4.78 is 4.89. The summed E-state index contributed by atoms with van der Waals surface area (Å²) in [6.07, 6.45) is 2.24. The van der Waals surface area contributed by atoms with E-state index in [2.05, 4.69) is 10.6 Å². The van der Waals surface area contributed by atoms with Gasteiger partial charge in [-0.25, -0.2) is 0 Å². The molecule has 2 atom stereocenters. The number of cyclic esters (lactones) is 1. The van der Waals surface area contributed by atoms with Gasteiger partial charge in [0.15, 0.2) is 0 Å². The second kappa shape index (κ2) is 6.18. The summed E-state index contributed by atoms with van der Waals surface area (Å²) in [5.41, 5.74) is -0.263. The van der Waals surface area contributed by atoms with Crippen LogP contribution in [0.5, 0.6) is 0 Å². The number of nitrogens with one attached hydrogen (secondary N) is 2. The quantitative estimate of drug-likeness (QED) is 0.719. The molecule has 0 bridgehead atoms. The van der Waals surface area contributed by atoms with Gasteiger partial charge in [0.25, 0.3) is 0 Å². The molecule has 0 radical (unpaired) electrons. The fourth-order valence-electron chi connectivity index (χ4n) is 1.93. The number of ether oxygens (including phenoxy) is 1. The molecular formula is C13H24N2O3. The molecule has 0 unspecified atom stereocenters. The molecule has 1 amide bonds. The Morgan fingerprint density at radius 1 is 1.50 bits per heavy atom. The Labute approximate surface area is 109 Å². The summed E-state index contributed by atoms with van der Waals surface area (Å²) in [4.78, 5) is 23.5. The van der Waals surface area contributed by atoms with Crippen molar-refractivity contribution in [3.05, 3.63) is 0 Å². The molecule has 1 aliphatic heterocycles. The van der Waals surface area contributed by atoms with Crippen LogP contribution in [-0.2, 0) is 14.3 Å². The van der Waals surface area contributed by atoms with Gasteiger partial charge in [0.2, 0.25) is 5.91 Å². The van der Waals surface area contributed by atoms with E-state index < -0.39 is 0 Å². The zero-order valence-electron chi connectivity index (χ0n) is 11.7. The summed E-state index contributed by atoms with van der Waals surface area (Å²) in [5, 5.41) is 6.04. The van der Waals surface area contributed by atoms with Gasteiger partial charge in [0, 0.05) is 12.0 Å². The molecule has 5 heteroatoms. The summed E-state index contributed by atoms with van der Waals surface area (Å²) in [7, 11) is 0. The third-order valence-electron chi connectivity index (χ3n) is 2.73. The third-order valence-corrected chi connectivity index (χ3v) is 2.73. The van der Waals surface area contributed by atoms with E-state index in [0.717, 1.165) is 6.42 Å². The molecule has 0 aromatic heterocycles. The first-order valence-electron chi connectivity index (χ1n) is 6.58. The lowest BCUT2D eigenvalue weighted by Gasteiger charge is -2.26. The second-order valence-corrected chi connectivity index (χ2v) is 5.76. The van der Waals surface area contributed by atoms with Crippen molar-refractivity contribution in [1.29, 1.82) is 0 Å². The van der Waals surface area contributed by atoms with Gasteiger partial charge in [0.05, 0.1) is 12.6 Å². The summed E-state index contributed by atoms with van der Waals surface area (Å²) in [6.45, 7) is 8.29. The van der Waals surface area contributed by atoms with Crippen LogP contribution in [0, 0.1) is 0 Å². The number of amides is 1. The number of hydrogen-bond acceptors (Lipinski definition) is 4. The molecule has 0 aromatic rings. The van der Waals surface area contributed by atoms with Crippen molar-refractivity contribution in [2.45, 2.75) is 64.6 Å². The van der Waals surface area contributed by atoms with Crippen molar-refractivity contribution in [3.63, 3.8) is 0 Å². The maximum absolute atomic E-state index is 12.1.